The lowest BCUT2D eigenvalue weighted by Gasteiger charge is -2.07. The minimum absolute atomic E-state index is 0.269. The van der Waals surface area contributed by atoms with E-state index in [9.17, 15) is 9.59 Å². The van der Waals surface area contributed by atoms with Crippen LogP contribution in [0.5, 0.6) is 0 Å². The van der Waals surface area contributed by atoms with Crippen LogP contribution >= 0.6 is 35.2 Å². The summed E-state index contributed by atoms with van der Waals surface area (Å²) in [7, 11) is 1.78. The molecule has 0 unspecified atom stereocenters. The maximum absolute atomic E-state index is 13.2. The van der Waals surface area contributed by atoms with Crippen LogP contribution in [0, 0.1) is 10.9 Å². The van der Waals surface area contributed by atoms with Gasteiger partial charge < -0.3 is 0 Å². The minimum Gasteiger partial charge on any atom is -0.283 e. The average molecular weight is 442 g/mol. The Hall–Kier alpha value is -2.74. The highest BCUT2D eigenvalue weighted by Gasteiger charge is 2.20. The Balaban J connectivity index is 1.93. The molecule has 0 fully saturated rings. The molecule has 0 aliphatic rings. The lowest BCUT2D eigenvalue weighted by molar-refractivity contribution is 0.630. The van der Waals surface area contributed by atoms with Gasteiger partial charge in [-0.15, -0.1) is 11.3 Å². The predicted octanol–water partition coefficient (Wildman–Crippen LogP) is 4.75. The fourth-order valence-electron chi connectivity index (χ4n) is 3.21. The molecule has 8 heteroatoms. The molecule has 2 aromatic carbocycles. The van der Waals surface area contributed by atoms with Crippen LogP contribution in [0.3, 0.4) is 0 Å². The number of halogens is 1. The fraction of sp³-hybridized carbons (Fsp3) is 0.0952. The van der Waals surface area contributed by atoms with Crippen LogP contribution in [-0.2, 0) is 7.05 Å². The van der Waals surface area contributed by atoms with E-state index in [1.165, 1.54) is 26.7 Å². The third kappa shape index (κ3) is 3.42. The first-order valence-corrected chi connectivity index (χ1v) is 10.4. The minimum atomic E-state index is -0.343. The van der Waals surface area contributed by atoms with Crippen molar-refractivity contribution in [2.75, 3.05) is 0 Å². The van der Waals surface area contributed by atoms with E-state index in [4.69, 9.17) is 23.8 Å². The maximum Gasteiger partial charge on any atom is 0.296 e. The van der Waals surface area contributed by atoms with Crippen molar-refractivity contribution in [3.8, 4) is 21.8 Å². The Kier molecular flexibility index (Phi) is 5.12. The molecule has 0 aliphatic heterocycles. The number of rotatable bonds is 3. The van der Waals surface area contributed by atoms with Crippen LogP contribution in [0.2, 0.25) is 5.02 Å². The maximum atomic E-state index is 13.2. The Labute approximate surface area is 180 Å². The molecule has 2 heterocycles. The number of aromatic nitrogens is 3. The summed E-state index contributed by atoms with van der Waals surface area (Å²) in [6.07, 6.45) is 0. The van der Waals surface area contributed by atoms with E-state index in [2.05, 4.69) is 0 Å². The predicted molar refractivity (Wildman–Crippen MR) is 121 cm³/mol. The van der Waals surface area contributed by atoms with Gasteiger partial charge >= 0.3 is 0 Å². The molecule has 0 aliphatic carbocycles. The summed E-state index contributed by atoms with van der Waals surface area (Å²) < 4.78 is 4.89. The summed E-state index contributed by atoms with van der Waals surface area (Å²) in [5.41, 5.74) is 1.85. The van der Waals surface area contributed by atoms with Crippen LogP contribution in [0.15, 0.2) is 70.3 Å². The van der Waals surface area contributed by atoms with Crippen molar-refractivity contribution in [1.29, 1.82) is 0 Å². The van der Waals surface area contributed by atoms with Crippen molar-refractivity contribution in [1.82, 2.24) is 13.9 Å². The second-order valence-electron chi connectivity index (χ2n) is 6.47. The molecule has 0 spiro atoms. The normalized spacial score (nSPS) is 11.0. The molecule has 0 atom stereocenters. The van der Waals surface area contributed by atoms with E-state index in [0.29, 0.717) is 14.7 Å². The molecule has 5 nitrogen and oxygen atoms in total. The smallest absolute Gasteiger partial charge is 0.283 e. The molecule has 29 heavy (non-hydrogen) atoms. The van der Waals surface area contributed by atoms with Gasteiger partial charge in [0, 0.05) is 23.0 Å². The molecular weight excluding hydrogens is 426 g/mol. The summed E-state index contributed by atoms with van der Waals surface area (Å²) >= 11 is 12.7. The van der Waals surface area contributed by atoms with Gasteiger partial charge in [-0.05, 0) is 49.0 Å². The van der Waals surface area contributed by atoms with E-state index in [-0.39, 0.29) is 16.8 Å². The third-order valence-corrected chi connectivity index (χ3v) is 6.35. The topological polar surface area (TPSA) is 48.9 Å². The second kappa shape index (κ2) is 7.59. The van der Waals surface area contributed by atoms with Gasteiger partial charge in [-0.1, -0.05) is 41.9 Å². The van der Waals surface area contributed by atoms with E-state index in [0.717, 1.165) is 16.1 Å². The number of hydrogen-bond donors (Lipinski definition) is 0. The number of hydrogen-bond acceptors (Lipinski definition) is 4. The molecule has 2 aromatic heterocycles. The van der Waals surface area contributed by atoms with E-state index in [1.54, 1.807) is 30.8 Å². The van der Waals surface area contributed by atoms with Gasteiger partial charge in [0.25, 0.3) is 11.1 Å². The highest BCUT2D eigenvalue weighted by atomic mass is 35.5. The van der Waals surface area contributed by atoms with Crippen LogP contribution in [0.25, 0.3) is 21.8 Å². The van der Waals surface area contributed by atoms with E-state index in [1.807, 2.05) is 42.5 Å². The summed E-state index contributed by atoms with van der Waals surface area (Å²) in [6, 6.07) is 18.0. The Bertz CT molecular complexity index is 1350. The monoisotopic (exact) mass is 441 g/mol. The highest BCUT2D eigenvalue weighted by Crippen LogP contribution is 2.25. The standard InChI is InChI=1S/C21H16ClN3O2S2/c1-13-19(20(27)25(23(13)2)16-6-4-3-5-7-16)24-18(26)12-17(29-21(24)28)14-8-10-15(22)11-9-14/h3-12H,1-2H3. The second-order valence-corrected chi connectivity index (χ2v) is 8.58. The molecule has 0 amide bonds. The van der Waals surface area contributed by atoms with Crippen molar-refractivity contribution in [2.24, 2.45) is 7.05 Å². The molecule has 0 radical (unpaired) electrons. The number of nitrogens with zero attached hydrogens (tertiary/aromatic N) is 3. The molecule has 0 saturated heterocycles. The zero-order chi connectivity index (χ0) is 20.7. The lowest BCUT2D eigenvalue weighted by atomic mass is 10.2. The zero-order valence-electron chi connectivity index (χ0n) is 15.6. The Morgan fingerprint density at radius 1 is 1.00 bits per heavy atom. The Morgan fingerprint density at radius 2 is 1.66 bits per heavy atom. The molecule has 4 rings (SSSR count). The summed E-state index contributed by atoms with van der Waals surface area (Å²) in [6.45, 7) is 1.80. The summed E-state index contributed by atoms with van der Waals surface area (Å²) in [4.78, 5) is 26.9. The fourth-order valence-corrected chi connectivity index (χ4v) is 4.66. The molecular formula is C21H16ClN3O2S2. The van der Waals surface area contributed by atoms with Crippen LogP contribution in [0.1, 0.15) is 5.69 Å². The van der Waals surface area contributed by atoms with Gasteiger partial charge in [-0.2, -0.15) is 0 Å². The van der Waals surface area contributed by atoms with Gasteiger partial charge in [0.15, 0.2) is 3.95 Å². The van der Waals surface area contributed by atoms with Crippen LogP contribution in [0.4, 0.5) is 0 Å². The number of para-hydroxylation sites is 1. The van der Waals surface area contributed by atoms with Crippen molar-refractivity contribution in [3.63, 3.8) is 0 Å². The van der Waals surface area contributed by atoms with Crippen molar-refractivity contribution < 1.29 is 0 Å². The van der Waals surface area contributed by atoms with Crippen molar-refractivity contribution in [2.45, 2.75) is 6.92 Å². The first kappa shape index (κ1) is 19.6. The lowest BCUT2D eigenvalue weighted by Crippen LogP contribution is -2.26. The highest BCUT2D eigenvalue weighted by molar-refractivity contribution is 7.73. The van der Waals surface area contributed by atoms with Crippen LogP contribution in [-0.4, -0.2) is 13.9 Å². The molecule has 0 N–H and O–H groups in total. The zero-order valence-corrected chi connectivity index (χ0v) is 18.0. The van der Waals surface area contributed by atoms with Crippen molar-refractivity contribution >= 4 is 35.2 Å². The molecule has 0 saturated carbocycles. The number of benzene rings is 2. The van der Waals surface area contributed by atoms with Gasteiger partial charge in [0.2, 0.25) is 0 Å². The first-order chi connectivity index (χ1) is 13.9. The van der Waals surface area contributed by atoms with E-state index < -0.39 is 0 Å². The largest absolute Gasteiger partial charge is 0.296 e. The summed E-state index contributed by atoms with van der Waals surface area (Å²) in [5, 5.41) is 0.618. The molecule has 0 bridgehead atoms. The summed E-state index contributed by atoms with van der Waals surface area (Å²) in [5.74, 6) is 0. The molecule has 4 aromatic rings. The van der Waals surface area contributed by atoms with Crippen molar-refractivity contribution in [3.05, 3.63) is 96.0 Å². The van der Waals surface area contributed by atoms with Gasteiger partial charge in [-0.3, -0.25) is 18.8 Å². The SMILES string of the molecule is Cc1c(-n2c(=O)cc(-c3ccc(Cl)cc3)sc2=S)c(=O)n(-c2ccccc2)n1C. The van der Waals surface area contributed by atoms with Gasteiger partial charge in [0.1, 0.15) is 5.69 Å². The first-order valence-electron chi connectivity index (χ1n) is 8.76. The van der Waals surface area contributed by atoms with Gasteiger partial charge in [0.05, 0.1) is 11.4 Å². The van der Waals surface area contributed by atoms with E-state index >= 15 is 0 Å². The van der Waals surface area contributed by atoms with Gasteiger partial charge in [-0.25, -0.2) is 4.68 Å². The Morgan fingerprint density at radius 3 is 2.28 bits per heavy atom. The van der Waals surface area contributed by atoms with Crippen LogP contribution < -0.4 is 11.1 Å². The molecule has 146 valence electrons. The third-order valence-electron chi connectivity index (χ3n) is 4.73. The average Bonchev–Trinajstić information content (AvgIpc) is 2.92. The quantitative estimate of drug-likeness (QED) is 0.431.